The highest BCUT2D eigenvalue weighted by molar-refractivity contribution is 6.30. The topological polar surface area (TPSA) is 33.1 Å². The van der Waals surface area contributed by atoms with E-state index in [1.807, 2.05) is 0 Å². The molecule has 2 nitrogen and oxygen atoms in total. The van der Waals surface area contributed by atoms with Crippen LogP contribution < -0.4 is 0 Å². The molecular formula is C14H12ClF2NO. The maximum atomic E-state index is 13.1. The Morgan fingerprint density at radius 2 is 2.00 bits per heavy atom. The quantitative estimate of drug-likeness (QED) is 0.936. The van der Waals surface area contributed by atoms with Crippen molar-refractivity contribution in [1.82, 2.24) is 4.98 Å². The molecule has 1 heterocycles. The van der Waals surface area contributed by atoms with Gasteiger partial charge in [0.2, 0.25) is 0 Å². The minimum atomic E-state index is -1.31. The number of hydrogen-bond donors (Lipinski definition) is 1. The molecule has 0 spiro atoms. The van der Waals surface area contributed by atoms with Gasteiger partial charge in [0.25, 0.3) is 0 Å². The Hall–Kier alpha value is -1.52. The molecule has 0 aliphatic carbocycles. The predicted octanol–water partition coefficient (Wildman–Crippen LogP) is 3.46. The number of halogens is 3. The molecule has 100 valence electrons. The van der Waals surface area contributed by atoms with Crippen LogP contribution in [-0.2, 0) is 12.0 Å². The summed E-state index contributed by atoms with van der Waals surface area (Å²) in [5, 5.41) is 10.4. The third kappa shape index (κ3) is 3.28. The number of pyridine rings is 1. The Labute approximate surface area is 114 Å². The molecule has 2 aromatic rings. The third-order valence-electron chi connectivity index (χ3n) is 2.86. The van der Waals surface area contributed by atoms with Crippen molar-refractivity contribution < 1.29 is 13.9 Å². The van der Waals surface area contributed by atoms with Crippen LogP contribution in [0.25, 0.3) is 0 Å². The summed E-state index contributed by atoms with van der Waals surface area (Å²) in [5.74, 6) is -1.03. The molecule has 2 rings (SSSR count). The highest BCUT2D eigenvalue weighted by atomic mass is 35.5. The zero-order valence-corrected chi connectivity index (χ0v) is 11.0. The van der Waals surface area contributed by atoms with Crippen molar-refractivity contribution >= 4 is 11.6 Å². The summed E-state index contributed by atoms with van der Waals surface area (Å²) in [6, 6.07) is 5.43. The van der Waals surface area contributed by atoms with Gasteiger partial charge in [0.1, 0.15) is 11.6 Å². The fraction of sp³-hybridized carbons (Fsp3) is 0.214. The molecule has 1 unspecified atom stereocenters. The molecule has 0 fully saturated rings. The highest BCUT2D eigenvalue weighted by Crippen LogP contribution is 2.27. The van der Waals surface area contributed by atoms with Gasteiger partial charge in [-0.2, -0.15) is 0 Å². The summed E-state index contributed by atoms with van der Waals surface area (Å²) in [5.41, 5.74) is -0.301. The average molecular weight is 284 g/mol. The molecule has 0 amide bonds. The van der Waals surface area contributed by atoms with Crippen molar-refractivity contribution in [3.8, 4) is 0 Å². The predicted molar refractivity (Wildman–Crippen MR) is 68.9 cm³/mol. The Kier molecular flexibility index (Phi) is 3.83. The summed E-state index contributed by atoms with van der Waals surface area (Å²) >= 11 is 5.68. The Morgan fingerprint density at radius 1 is 1.26 bits per heavy atom. The maximum absolute atomic E-state index is 13.1. The van der Waals surface area contributed by atoms with Crippen molar-refractivity contribution in [3.63, 3.8) is 0 Å². The molecule has 0 radical (unpaired) electrons. The molecule has 1 atom stereocenters. The lowest BCUT2D eigenvalue weighted by atomic mass is 9.90. The first-order valence-electron chi connectivity index (χ1n) is 5.66. The standard InChI is InChI=1S/C14H12ClF2NO/c1-14(19,10-5-11(16)8-18-7-10)6-9-2-3-13(17)12(15)4-9/h2-5,7-8,19H,6H2,1H3. The molecular weight excluding hydrogens is 272 g/mol. The lowest BCUT2D eigenvalue weighted by Crippen LogP contribution is -2.24. The van der Waals surface area contributed by atoms with Gasteiger partial charge in [-0.15, -0.1) is 0 Å². The SMILES string of the molecule is CC(O)(Cc1ccc(F)c(Cl)c1)c1cncc(F)c1. The van der Waals surface area contributed by atoms with Gasteiger partial charge in [0, 0.05) is 18.2 Å². The minimum Gasteiger partial charge on any atom is -0.385 e. The van der Waals surface area contributed by atoms with E-state index < -0.39 is 17.2 Å². The van der Waals surface area contributed by atoms with E-state index in [0.29, 0.717) is 11.1 Å². The van der Waals surface area contributed by atoms with Gasteiger partial charge in [-0.1, -0.05) is 17.7 Å². The monoisotopic (exact) mass is 283 g/mol. The van der Waals surface area contributed by atoms with Crippen molar-refractivity contribution in [2.75, 3.05) is 0 Å². The van der Waals surface area contributed by atoms with Crippen molar-refractivity contribution in [2.45, 2.75) is 18.9 Å². The molecule has 1 N–H and O–H groups in total. The molecule has 19 heavy (non-hydrogen) atoms. The average Bonchev–Trinajstić information content (AvgIpc) is 2.33. The van der Waals surface area contributed by atoms with E-state index in [2.05, 4.69) is 4.98 Å². The molecule has 0 aliphatic heterocycles. The van der Waals surface area contributed by atoms with Crippen LogP contribution in [0.3, 0.4) is 0 Å². The first-order valence-corrected chi connectivity index (χ1v) is 6.03. The molecule has 0 saturated carbocycles. The van der Waals surface area contributed by atoms with E-state index in [9.17, 15) is 13.9 Å². The molecule has 5 heteroatoms. The van der Waals surface area contributed by atoms with Gasteiger partial charge in [-0.05, 0) is 30.7 Å². The zero-order chi connectivity index (χ0) is 14.0. The van der Waals surface area contributed by atoms with E-state index in [-0.39, 0.29) is 11.4 Å². The van der Waals surface area contributed by atoms with Crippen LogP contribution in [0.1, 0.15) is 18.1 Å². The number of aromatic nitrogens is 1. The number of rotatable bonds is 3. The van der Waals surface area contributed by atoms with Crippen molar-refractivity contribution in [2.24, 2.45) is 0 Å². The van der Waals surface area contributed by atoms with Crippen LogP contribution in [0.15, 0.2) is 36.7 Å². The molecule has 1 aromatic heterocycles. The molecule has 0 saturated heterocycles. The second-order valence-corrected chi connectivity index (χ2v) is 5.00. The Morgan fingerprint density at radius 3 is 2.63 bits per heavy atom. The normalized spacial score (nSPS) is 14.2. The Balaban J connectivity index is 2.27. The Bertz CT molecular complexity index is 602. The van der Waals surface area contributed by atoms with Gasteiger partial charge < -0.3 is 5.11 Å². The highest BCUT2D eigenvalue weighted by Gasteiger charge is 2.24. The van der Waals surface area contributed by atoms with Gasteiger partial charge in [-0.25, -0.2) is 8.78 Å². The lowest BCUT2D eigenvalue weighted by molar-refractivity contribution is 0.0569. The van der Waals surface area contributed by atoms with Crippen LogP contribution in [0.2, 0.25) is 5.02 Å². The van der Waals surface area contributed by atoms with Gasteiger partial charge in [-0.3, -0.25) is 4.98 Å². The van der Waals surface area contributed by atoms with Crippen molar-refractivity contribution in [1.29, 1.82) is 0 Å². The maximum Gasteiger partial charge on any atom is 0.141 e. The molecule has 0 aliphatic rings. The second kappa shape index (κ2) is 5.23. The van der Waals surface area contributed by atoms with E-state index >= 15 is 0 Å². The number of nitrogens with zero attached hydrogens (tertiary/aromatic N) is 1. The van der Waals surface area contributed by atoms with Crippen LogP contribution in [0, 0.1) is 11.6 Å². The van der Waals surface area contributed by atoms with Gasteiger partial charge in [0.15, 0.2) is 0 Å². The third-order valence-corrected chi connectivity index (χ3v) is 3.15. The summed E-state index contributed by atoms with van der Waals surface area (Å²) in [4.78, 5) is 3.70. The summed E-state index contributed by atoms with van der Waals surface area (Å²) < 4.78 is 26.2. The zero-order valence-electron chi connectivity index (χ0n) is 10.2. The molecule has 1 aromatic carbocycles. The van der Waals surface area contributed by atoms with E-state index in [0.717, 1.165) is 6.20 Å². The fourth-order valence-corrected chi connectivity index (χ4v) is 2.06. The van der Waals surface area contributed by atoms with Gasteiger partial charge in [0.05, 0.1) is 16.8 Å². The fourth-order valence-electron chi connectivity index (χ4n) is 1.86. The van der Waals surface area contributed by atoms with Crippen LogP contribution in [0.5, 0.6) is 0 Å². The number of hydrogen-bond acceptors (Lipinski definition) is 2. The van der Waals surface area contributed by atoms with Crippen LogP contribution in [0.4, 0.5) is 8.78 Å². The number of benzene rings is 1. The van der Waals surface area contributed by atoms with Crippen LogP contribution >= 0.6 is 11.6 Å². The molecule has 0 bridgehead atoms. The first-order chi connectivity index (χ1) is 8.88. The van der Waals surface area contributed by atoms with Crippen LogP contribution in [-0.4, -0.2) is 10.1 Å². The summed E-state index contributed by atoms with van der Waals surface area (Å²) in [6.07, 6.45) is 2.64. The van der Waals surface area contributed by atoms with E-state index in [1.165, 1.54) is 30.5 Å². The largest absolute Gasteiger partial charge is 0.385 e. The van der Waals surface area contributed by atoms with E-state index in [4.69, 9.17) is 11.6 Å². The lowest BCUT2D eigenvalue weighted by Gasteiger charge is -2.23. The van der Waals surface area contributed by atoms with Gasteiger partial charge >= 0.3 is 0 Å². The number of aliphatic hydroxyl groups is 1. The summed E-state index contributed by atoms with van der Waals surface area (Å²) in [7, 11) is 0. The smallest absolute Gasteiger partial charge is 0.141 e. The van der Waals surface area contributed by atoms with E-state index in [1.54, 1.807) is 6.92 Å². The van der Waals surface area contributed by atoms with Crippen molar-refractivity contribution in [3.05, 3.63) is 64.4 Å². The minimum absolute atomic E-state index is 0.00864. The first kappa shape index (κ1) is 13.9. The second-order valence-electron chi connectivity index (χ2n) is 4.59. The summed E-state index contributed by atoms with van der Waals surface area (Å²) in [6.45, 7) is 1.54.